The van der Waals surface area contributed by atoms with E-state index in [0.717, 1.165) is 31.8 Å². The number of hydrogen-bond acceptors (Lipinski definition) is 2. The maximum atomic E-state index is 12.0. The number of hydrogen-bond donors (Lipinski definition) is 0. The van der Waals surface area contributed by atoms with Gasteiger partial charge in [-0.2, -0.15) is 0 Å². The standard InChI is InChI=1S/C15H29NO2/c1-12(2)18-11-14(17)16-9-6-7-13(8-10-16)15(3,4)5/h12-13H,6-11H2,1-5H3. The quantitative estimate of drug-likeness (QED) is 0.775. The summed E-state index contributed by atoms with van der Waals surface area (Å²) in [4.78, 5) is 14.0. The van der Waals surface area contributed by atoms with Gasteiger partial charge in [-0.3, -0.25) is 4.79 Å². The molecule has 1 rings (SSSR count). The molecule has 1 unspecified atom stereocenters. The molecule has 0 radical (unpaired) electrons. The van der Waals surface area contributed by atoms with Crippen molar-refractivity contribution >= 4 is 5.91 Å². The van der Waals surface area contributed by atoms with Gasteiger partial charge in [-0.1, -0.05) is 20.8 Å². The molecule has 0 aromatic carbocycles. The summed E-state index contributed by atoms with van der Waals surface area (Å²) in [5.74, 6) is 0.875. The lowest BCUT2D eigenvalue weighted by Gasteiger charge is -2.29. The van der Waals surface area contributed by atoms with Gasteiger partial charge in [0.15, 0.2) is 0 Å². The lowest BCUT2D eigenvalue weighted by Crippen LogP contribution is -2.35. The third kappa shape index (κ3) is 4.97. The molecule has 1 aliphatic rings. The molecule has 1 amide bonds. The van der Waals surface area contributed by atoms with Crippen molar-refractivity contribution in [3.05, 3.63) is 0 Å². The van der Waals surface area contributed by atoms with Crippen LogP contribution in [0, 0.1) is 11.3 Å². The predicted molar refractivity (Wildman–Crippen MR) is 74.5 cm³/mol. The van der Waals surface area contributed by atoms with Crippen LogP contribution in [0.15, 0.2) is 0 Å². The van der Waals surface area contributed by atoms with E-state index in [2.05, 4.69) is 20.8 Å². The number of nitrogens with zero attached hydrogens (tertiary/aromatic N) is 1. The van der Waals surface area contributed by atoms with E-state index < -0.39 is 0 Å². The highest BCUT2D eigenvalue weighted by Gasteiger charge is 2.28. The zero-order valence-electron chi connectivity index (χ0n) is 12.7. The first kappa shape index (κ1) is 15.5. The smallest absolute Gasteiger partial charge is 0.248 e. The van der Waals surface area contributed by atoms with Crippen molar-refractivity contribution in [2.45, 2.75) is 60.0 Å². The number of likely N-dealkylation sites (tertiary alicyclic amines) is 1. The molecule has 0 bridgehead atoms. The maximum Gasteiger partial charge on any atom is 0.248 e. The Bertz CT molecular complexity index is 268. The number of rotatable bonds is 3. The molecule has 3 heteroatoms. The van der Waals surface area contributed by atoms with E-state index >= 15 is 0 Å². The molecule has 3 nitrogen and oxygen atoms in total. The lowest BCUT2D eigenvalue weighted by molar-refractivity contribution is -0.137. The van der Waals surface area contributed by atoms with E-state index in [-0.39, 0.29) is 18.6 Å². The summed E-state index contributed by atoms with van der Waals surface area (Å²) in [6.07, 6.45) is 3.60. The Morgan fingerprint density at radius 3 is 2.50 bits per heavy atom. The van der Waals surface area contributed by atoms with Crippen LogP contribution in [0.3, 0.4) is 0 Å². The van der Waals surface area contributed by atoms with Crippen LogP contribution in [0.5, 0.6) is 0 Å². The average molecular weight is 255 g/mol. The molecule has 0 aromatic heterocycles. The molecule has 1 fully saturated rings. The fourth-order valence-corrected chi connectivity index (χ4v) is 2.54. The molecule has 1 saturated heterocycles. The Balaban J connectivity index is 2.44. The third-order valence-corrected chi connectivity index (χ3v) is 3.85. The predicted octanol–water partition coefficient (Wildman–Crippen LogP) is 3.09. The van der Waals surface area contributed by atoms with Crippen LogP contribution >= 0.6 is 0 Å². The first-order chi connectivity index (χ1) is 8.30. The summed E-state index contributed by atoms with van der Waals surface area (Å²) >= 11 is 0. The Morgan fingerprint density at radius 2 is 1.94 bits per heavy atom. The molecule has 0 aliphatic carbocycles. The zero-order chi connectivity index (χ0) is 13.8. The minimum Gasteiger partial charge on any atom is -0.369 e. The van der Waals surface area contributed by atoms with E-state index in [9.17, 15) is 4.79 Å². The Labute approximate surface area is 112 Å². The molecule has 18 heavy (non-hydrogen) atoms. The van der Waals surface area contributed by atoms with Gasteiger partial charge in [0.05, 0.1) is 6.10 Å². The maximum absolute atomic E-state index is 12.0. The fourth-order valence-electron chi connectivity index (χ4n) is 2.54. The van der Waals surface area contributed by atoms with Gasteiger partial charge in [-0.25, -0.2) is 0 Å². The van der Waals surface area contributed by atoms with Gasteiger partial charge in [0.25, 0.3) is 0 Å². The number of ether oxygens (including phenoxy) is 1. The zero-order valence-corrected chi connectivity index (χ0v) is 12.7. The summed E-state index contributed by atoms with van der Waals surface area (Å²) in [5.41, 5.74) is 0.355. The van der Waals surface area contributed by atoms with Crippen molar-refractivity contribution in [3.8, 4) is 0 Å². The normalized spacial score (nSPS) is 22.1. The molecule has 0 saturated carbocycles. The highest BCUT2D eigenvalue weighted by molar-refractivity contribution is 5.77. The van der Waals surface area contributed by atoms with Crippen LogP contribution in [0.2, 0.25) is 0 Å². The van der Waals surface area contributed by atoms with Gasteiger partial charge in [0.1, 0.15) is 6.61 Å². The summed E-state index contributed by atoms with van der Waals surface area (Å²) in [5, 5.41) is 0. The SMILES string of the molecule is CC(C)OCC(=O)N1CCCC(C(C)(C)C)CC1. The van der Waals surface area contributed by atoms with Gasteiger partial charge in [-0.15, -0.1) is 0 Å². The van der Waals surface area contributed by atoms with Crippen molar-refractivity contribution in [1.82, 2.24) is 4.90 Å². The van der Waals surface area contributed by atoms with Crippen LogP contribution in [0.1, 0.15) is 53.9 Å². The summed E-state index contributed by atoms with van der Waals surface area (Å²) in [6, 6.07) is 0. The Morgan fingerprint density at radius 1 is 1.28 bits per heavy atom. The Hall–Kier alpha value is -0.570. The van der Waals surface area contributed by atoms with Gasteiger partial charge in [-0.05, 0) is 44.4 Å². The van der Waals surface area contributed by atoms with Crippen molar-refractivity contribution in [2.24, 2.45) is 11.3 Å². The van der Waals surface area contributed by atoms with E-state index in [4.69, 9.17) is 4.74 Å². The Kier molecular flexibility index (Phi) is 5.64. The van der Waals surface area contributed by atoms with Gasteiger partial charge < -0.3 is 9.64 Å². The summed E-state index contributed by atoms with van der Waals surface area (Å²) in [7, 11) is 0. The van der Waals surface area contributed by atoms with Crippen molar-refractivity contribution < 1.29 is 9.53 Å². The summed E-state index contributed by atoms with van der Waals surface area (Å²) in [6.45, 7) is 12.9. The van der Waals surface area contributed by atoms with Crippen LogP contribution in [0.25, 0.3) is 0 Å². The topological polar surface area (TPSA) is 29.5 Å². The second kappa shape index (κ2) is 6.55. The molecule has 1 aliphatic heterocycles. The largest absolute Gasteiger partial charge is 0.369 e. The van der Waals surface area contributed by atoms with Crippen molar-refractivity contribution in [3.63, 3.8) is 0 Å². The highest BCUT2D eigenvalue weighted by Crippen LogP contribution is 2.34. The highest BCUT2D eigenvalue weighted by atomic mass is 16.5. The van der Waals surface area contributed by atoms with E-state index in [1.54, 1.807) is 0 Å². The summed E-state index contributed by atoms with van der Waals surface area (Å²) < 4.78 is 5.40. The number of carbonyl (C=O) groups excluding carboxylic acids is 1. The average Bonchev–Trinajstić information content (AvgIpc) is 2.50. The van der Waals surface area contributed by atoms with E-state index in [0.29, 0.717) is 5.41 Å². The molecule has 0 aromatic rings. The van der Waals surface area contributed by atoms with Crippen molar-refractivity contribution in [1.29, 1.82) is 0 Å². The minimum absolute atomic E-state index is 0.128. The van der Waals surface area contributed by atoms with E-state index in [1.165, 1.54) is 6.42 Å². The van der Waals surface area contributed by atoms with Crippen LogP contribution < -0.4 is 0 Å². The molecule has 0 spiro atoms. The van der Waals surface area contributed by atoms with Gasteiger partial charge >= 0.3 is 0 Å². The van der Waals surface area contributed by atoms with Gasteiger partial charge in [0, 0.05) is 13.1 Å². The molecular formula is C15H29NO2. The molecule has 106 valence electrons. The minimum atomic E-state index is 0.128. The van der Waals surface area contributed by atoms with Crippen molar-refractivity contribution in [2.75, 3.05) is 19.7 Å². The first-order valence-corrected chi connectivity index (χ1v) is 7.20. The molecule has 1 heterocycles. The second-order valence-electron chi connectivity index (χ2n) is 6.73. The molecule has 0 N–H and O–H groups in total. The second-order valence-corrected chi connectivity index (χ2v) is 6.73. The monoisotopic (exact) mass is 255 g/mol. The molecule has 1 atom stereocenters. The third-order valence-electron chi connectivity index (χ3n) is 3.85. The van der Waals surface area contributed by atoms with Gasteiger partial charge in [0.2, 0.25) is 5.91 Å². The molecular weight excluding hydrogens is 226 g/mol. The number of amides is 1. The number of carbonyl (C=O) groups is 1. The first-order valence-electron chi connectivity index (χ1n) is 7.20. The van der Waals surface area contributed by atoms with Crippen LogP contribution in [-0.2, 0) is 9.53 Å². The van der Waals surface area contributed by atoms with Crippen LogP contribution in [0.4, 0.5) is 0 Å². The lowest BCUT2D eigenvalue weighted by atomic mass is 9.77. The van der Waals surface area contributed by atoms with Crippen LogP contribution in [-0.4, -0.2) is 36.6 Å². The van der Waals surface area contributed by atoms with E-state index in [1.807, 2.05) is 18.7 Å². The fraction of sp³-hybridized carbons (Fsp3) is 0.933.